The van der Waals surface area contributed by atoms with Gasteiger partial charge in [-0.1, -0.05) is 11.3 Å². The van der Waals surface area contributed by atoms with Crippen molar-refractivity contribution < 1.29 is 8.42 Å². The van der Waals surface area contributed by atoms with Gasteiger partial charge in [0.25, 0.3) is 0 Å². The van der Waals surface area contributed by atoms with E-state index < -0.39 is 10.0 Å². The third-order valence-corrected chi connectivity index (χ3v) is 3.03. The van der Waals surface area contributed by atoms with Gasteiger partial charge in [0.15, 0.2) is 5.13 Å². The highest BCUT2D eigenvalue weighted by Gasteiger charge is 2.00. The second kappa shape index (κ2) is 5.29. The second-order valence-corrected chi connectivity index (χ2v) is 5.91. The lowest BCUT2D eigenvalue weighted by atomic mass is 10.4. The van der Waals surface area contributed by atoms with Crippen molar-refractivity contribution in [2.45, 2.75) is 6.42 Å². The van der Waals surface area contributed by atoms with Gasteiger partial charge in [-0.05, 0) is 6.42 Å². The largest absolute Gasteiger partial charge is 0.389 e. The number of hydrogen-bond donors (Lipinski definition) is 3. The SMILES string of the molecule is CS(=O)(=O)NCCCNc1ncc(N)s1. The van der Waals surface area contributed by atoms with Crippen molar-refractivity contribution in [1.29, 1.82) is 0 Å². The van der Waals surface area contributed by atoms with Crippen molar-refractivity contribution in [3.05, 3.63) is 6.20 Å². The van der Waals surface area contributed by atoms with Crippen LogP contribution in [0.4, 0.5) is 10.1 Å². The van der Waals surface area contributed by atoms with Gasteiger partial charge in [0, 0.05) is 13.1 Å². The van der Waals surface area contributed by atoms with Crippen molar-refractivity contribution in [2.75, 3.05) is 30.4 Å². The Kier molecular flexibility index (Phi) is 4.30. The first-order valence-corrected chi connectivity index (χ1v) is 7.08. The fourth-order valence-electron chi connectivity index (χ4n) is 0.910. The summed E-state index contributed by atoms with van der Waals surface area (Å²) < 4.78 is 23.8. The van der Waals surface area contributed by atoms with Gasteiger partial charge in [-0.15, -0.1) is 0 Å². The van der Waals surface area contributed by atoms with Crippen LogP contribution in [-0.4, -0.2) is 32.7 Å². The molecule has 0 unspecified atom stereocenters. The fourth-order valence-corrected chi connectivity index (χ4v) is 2.03. The average molecular weight is 250 g/mol. The monoisotopic (exact) mass is 250 g/mol. The van der Waals surface area contributed by atoms with Crippen molar-refractivity contribution in [2.24, 2.45) is 0 Å². The Morgan fingerprint density at radius 2 is 2.27 bits per heavy atom. The highest BCUT2D eigenvalue weighted by atomic mass is 32.2. The van der Waals surface area contributed by atoms with Crippen molar-refractivity contribution in [3.63, 3.8) is 0 Å². The molecular formula is C7H14N4O2S2. The Morgan fingerprint density at radius 3 is 2.80 bits per heavy atom. The molecule has 0 amide bonds. The minimum Gasteiger partial charge on any atom is -0.389 e. The van der Waals surface area contributed by atoms with E-state index in [-0.39, 0.29) is 0 Å². The zero-order valence-electron chi connectivity index (χ0n) is 8.36. The average Bonchev–Trinajstić information content (AvgIpc) is 2.49. The van der Waals surface area contributed by atoms with E-state index in [9.17, 15) is 8.42 Å². The second-order valence-electron chi connectivity index (χ2n) is 3.01. The maximum atomic E-state index is 10.7. The minimum atomic E-state index is -3.08. The molecule has 0 radical (unpaired) electrons. The van der Waals surface area contributed by atoms with E-state index in [1.54, 1.807) is 6.20 Å². The van der Waals surface area contributed by atoms with E-state index in [1.807, 2.05) is 0 Å². The van der Waals surface area contributed by atoms with Crippen LogP contribution in [0.2, 0.25) is 0 Å². The van der Waals surface area contributed by atoms with E-state index in [2.05, 4.69) is 15.0 Å². The van der Waals surface area contributed by atoms with Crippen LogP contribution in [0.5, 0.6) is 0 Å². The first-order chi connectivity index (χ1) is 6.97. The molecule has 0 aliphatic rings. The lowest BCUT2D eigenvalue weighted by Crippen LogP contribution is -2.24. The fraction of sp³-hybridized carbons (Fsp3) is 0.571. The van der Waals surface area contributed by atoms with Gasteiger partial charge in [-0.25, -0.2) is 18.1 Å². The summed E-state index contributed by atoms with van der Waals surface area (Å²) in [5, 5.41) is 4.46. The quantitative estimate of drug-likeness (QED) is 0.621. The summed E-state index contributed by atoms with van der Waals surface area (Å²) in [4.78, 5) is 4.01. The number of thiazole rings is 1. The van der Waals surface area contributed by atoms with Gasteiger partial charge in [0.2, 0.25) is 10.0 Å². The summed E-state index contributed by atoms with van der Waals surface area (Å²) >= 11 is 1.37. The third kappa shape index (κ3) is 5.55. The zero-order chi connectivity index (χ0) is 11.3. The van der Waals surface area contributed by atoms with Crippen LogP contribution in [0.3, 0.4) is 0 Å². The Labute approximate surface area is 93.0 Å². The molecule has 4 N–H and O–H groups in total. The summed E-state index contributed by atoms with van der Waals surface area (Å²) in [5.74, 6) is 0. The van der Waals surface area contributed by atoms with Gasteiger partial charge in [-0.2, -0.15) is 0 Å². The van der Waals surface area contributed by atoms with Gasteiger partial charge >= 0.3 is 0 Å². The van der Waals surface area contributed by atoms with Crippen LogP contribution in [0.25, 0.3) is 0 Å². The first kappa shape index (κ1) is 12.2. The highest BCUT2D eigenvalue weighted by molar-refractivity contribution is 7.88. The molecule has 1 rings (SSSR count). The van der Waals surface area contributed by atoms with E-state index in [0.717, 1.165) is 11.4 Å². The van der Waals surface area contributed by atoms with Crippen LogP contribution >= 0.6 is 11.3 Å². The molecule has 0 fully saturated rings. The van der Waals surface area contributed by atoms with Crippen molar-refractivity contribution >= 4 is 31.5 Å². The predicted octanol–water partition coefficient (Wildman–Crippen LogP) is 0.0765. The zero-order valence-corrected chi connectivity index (χ0v) is 9.99. The summed E-state index contributed by atoms with van der Waals surface area (Å²) in [5.41, 5.74) is 5.49. The minimum absolute atomic E-state index is 0.423. The Bertz CT molecular complexity index is 401. The number of anilines is 2. The van der Waals surface area contributed by atoms with Gasteiger partial charge in [0.1, 0.15) is 5.00 Å². The molecule has 6 nitrogen and oxygen atoms in total. The standard InChI is InChI=1S/C7H14N4O2S2/c1-15(12,13)11-4-2-3-9-7-10-5-6(8)14-7/h5,11H,2-4,8H2,1H3,(H,9,10). The number of aromatic nitrogens is 1. The number of rotatable bonds is 6. The maximum absolute atomic E-state index is 10.7. The van der Waals surface area contributed by atoms with E-state index in [1.165, 1.54) is 11.3 Å². The van der Waals surface area contributed by atoms with Crippen LogP contribution in [-0.2, 0) is 10.0 Å². The molecule has 1 aromatic rings. The van der Waals surface area contributed by atoms with Crippen LogP contribution in [0, 0.1) is 0 Å². The molecule has 0 saturated heterocycles. The van der Waals surface area contributed by atoms with Gasteiger partial charge in [0.05, 0.1) is 12.5 Å². The molecule has 8 heteroatoms. The molecular weight excluding hydrogens is 236 g/mol. The molecule has 1 heterocycles. The Balaban J connectivity index is 2.12. The lowest BCUT2D eigenvalue weighted by Gasteiger charge is -2.02. The molecule has 86 valence electrons. The number of nitrogens with two attached hydrogens (primary N) is 1. The number of nitrogens with one attached hydrogen (secondary N) is 2. The van der Waals surface area contributed by atoms with Crippen LogP contribution < -0.4 is 15.8 Å². The number of hydrogen-bond acceptors (Lipinski definition) is 6. The summed E-state index contributed by atoms with van der Waals surface area (Å²) in [7, 11) is -3.08. The van der Waals surface area contributed by atoms with Crippen LogP contribution in [0.1, 0.15) is 6.42 Å². The number of sulfonamides is 1. The molecule has 0 spiro atoms. The van der Waals surface area contributed by atoms with Gasteiger partial charge < -0.3 is 11.1 Å². The van der Waals surface area contributed by atoms with E-state index in [0.29, 0.717) is 24.5 Å². The molecule has 1 aromatic heterocycles. The highest BCUT2D eigenvalue weighted by Crippen LogP contribution is 2.18. The maximum Gasteiger partial charge on any atom is 0.208 e. The molecule has 0 atom stereocenters. The third-order valence-electron chi connectivity index (χ3n) is 1.52. The molecule has 0 bridgehead atoms. The van der Waals surface area contributed by atoms with E-state index >= 15 is 0 Å². The number of nitrogens with zero attached hydrogens (tertiary/aromatic N) is 1. The number of nitrogen functional groups attached to an aromatic ring is 1. The topological polar surface area (TPSA) is 97.1 Å². The normalized spacial score (nSPS) is 11.5. The molecule has 0 aliphatic heterocycles. The Hall–Kier alpha value is -0.860. The first-order valence-electron chi connectivity index (χ1n) is 4.37. The summed E-state index contributed by atoms with van der Waals surface area (Å²) in [6.45, 7) is 1.09. The molecule has 0 saturated carbocycles. The summed E-state index contributed by atoms with van der Waals surface area (Å²) in [6, 6.07) is 0. The van der Waals surface area contributed by atoms with E-state index in [4.69, 9.17) is 5.73 Å². The predicted molar refractivity (Wildman–Crippen MR) is 62.5 cm³/mol. The molecule has 15 heavy (non-hydrogen) atoms. The smallest absolute Gasteiger partial charge is 0.208 e. The van der Waals surface area contributed by atoms with Crippen molar-refractivity contribution in [3.8, 4) is 0 Å². The molecule has 0 aromatic carbocycles. The lowest BCUT2D eigenvalue weighted by molar-refractivity contribution is 0.586. The van der Waals surface area contributed by atoms with Gasteiger partial charge in [-0.3, -0.25) is 0 Å². The molecule has 0 aliphatic carbocycles. The Morgan fingerprint density at radius 1 is 1.53 bits per heavy atom. The van der Waals surface area contributed by atoms with Crippen molar-refractivity contribution in [1.82, 2.24) is 9.71 Å². The summed E-state index contributed by atoms with van der Waals surface area (Å²) in [6.07, 6.45) is 3.43. The van der Waals surface area contributed by atoms with Crippen LogP contribution in [0.15, 0.2) is 6.20 Å².